The summed E-state index contributed by atoms with van der Waals surface area (Å²) in [5, 5.41) is 3.30. The second-order valence-electron chi connectivity index (χ2n) is 5.89. The van der Waals surface area contributed by atoms with Crippen molar-refractivity contribution in [2.75, 3.05) is 13.1 Å². The van der Waals surface area contributed by atoms with Gasteiger partial charge in [-0.1, -0.05) is 18.2 Å². The minimum Gasteiger partial charge on any atom is -0.480 e. The highest BCUT2D eigenvalue weighted by molar-refractivity contribution is 5.40. The first-order valence-corrected chi connectivity index (χ1v) is 8.16. The molecule has 1 aliphatic heterocycles. The Morgan fingerprint density at radius 1 is 1.08 bits per heavy atom. The van der Waals surface area contributed by atoms with Crippen LogP contribution >= 0.6 is 0 Å². The van der Waals surface area contributed by atoms with Crippen molar-refractivity contribution in [2.45, 2.75) is 25.3 Å². The zero-order chi connectivity index (χ0) is 17.7. The number of halogens is 3. The second-order valence-corrected chi connectivity index (χ2v) is 5.89. The number of pyridine rings is 1. The number of nitrogens with one attached hydrogen (secondary N) is 1. The largest absolute Gasteiger partial charge is 0.573 e. The predicted octanol–water partition coefficient (Wildman–Crippen LogP) is 4.10. The average molecular weight is 352 g/mol. The zero-order valence-electron chi connectivity index (χ0n) is 13.5. The van der Waals surface area contributed by atoms with Crippen LogP contribution < -0.4 is 14.8 Å². The summed E-state index contributed by atoms with van der Waals surface area (Å²) in [6, 6.07) is 11.3. The van der Waals surface area contributed by atoms with Crippen LogP contribution in [0, 0.1) is 5.92 Å². The molecular formula is C18H19F3N2O2. The first-order chi connectivity index (χ1) is 12.0. The van der Waals surface area contributed by atoms with Crippen LogP contribution in [0.15, 0.2) is 48.7 Å². The van der Waals surface area contributed by atoms with E-state index in [1.807, 2.05) is 12.1 Å². The quantitative estimate of drug-likeness (QED) is 0.880. The van der Waals surface area contributed by atoms with E-state index in [0.29, 0.717) is 5.69 Å². The minimum atomic E-state index is -4.77. The number of benzene rings is 1. The minimum absolute atomic E-state index is 0.0565. The highest BCUT2D eigenvalue weighted by Gasteiger charge is 2.34. The topological polar surface area (TPSA) is 43.4 Å². The van der Waals surface area contributed by atoms with E-state index < -0.39 is 12.5 Å². The number of ether oxygens (including phenoxy) is 2. The number of hydrogen-bond donors (Lipinski definition) is 1. The Morgan fingerprint density at radius 2 is 1.84 bits per heavy atom. The Morgan fingerprint density at radius 3 is 2.48 bits per heavy atom. The van der Waals surface area contributed by atoms with Crippen molar-refractivity contribution in [2.24, 2.45) is 5.92 Å². The molecule has 3 rings (SSSR count). The van der Waals surface area contributed by atoms with Gasteiger partial charge in [0.1, 0.15) is 6.10 Å². The standard InChI is InChI=1S/C18H19F3N2O2/c19-18(20,21)25-16-9-2-1-8-15(16)24-17(13-6-5-10-22-12-13)14-7-3-4-11-23-14/h1-4,7-9,11,13,17,22H,5-6,10,12H2/t13-,17+/m0/s1. The Labute approximate surface area is 144 Å². The first-order valence-electron chi connectivity index (χ1n) is 8.16. The summed E-state index contributed by atoms with van der Waals surface area (Å²) < 4.78 is 48.0. The van der Waals surface area contributed by atoms with E-state index in [1.54, 1.807) is 18.3 Å². The van der Waals surface area contributed by atoms with Gasteiger partial charge in [-0.3, -0.25) is 4.98 Å². The van der Waals surface area contributed by atoms with Gasteiger partial charge in [-0.2, -0.15) is 0 Å². The second kappa shape index (κ2) is 7.74. The summed E-state index contributed by atoms with van der Waals surface area (Å²) in [7, 11) is 0. The van der Waals surface area contributed by atoms with Gasteiger partial charge in [-0.25, -0.2) is 0 Å². The van der Waals surface area contributed by atoms with Gasteiger partial charge >= 0.3 is 6.36 Å². The fourth-order valence-corrected chi connectivity index (χ4v) is 2.97. The van der Waals surface area contributed by atoms with Crippen molar-refractivity contribution in [3.63, 3.8) is 0 Å². The summed E-state index contributed by atoms with van der Waals surface area (Å²) in [5.41, 5.74) is 0.693. The van der Waals surface area contributed by atoms with Crippen molar-refractivity contribution in [3.8, 4) is 11.5 Å². The lowest BCUT2D eigenvalue weighted by atomic mass is 9.91. The van der Waals surface area contributed by atoms with E-state index in [-0.39, 0.29) is 17.4 Å². The summed E-state index contributed by atoms with van der Waals surface area (Å²) >= 11 is 0. The van der Waals surface area contributed by atoms with E-state index in [4.69, 9.17) is 4.74 Å². The van der Waals surface area contributed by atoms with Gasteiger partial charge in [0.15, 0.2) is 11.5 Å². The molecule has 0 amide bonds. The fourth-order valence-electron chi connectivity index (χ4n) is 2.97. The van der Waals surface area contributed by atoms with E-state index in [9.17, 15) is 13.2 Å². The molecule has 1 aliphatic rings. The molecule has 0 radical (unpaired) electrons. The van der Waals surface area contributed by atoms with Gasteiger partial charge < -0.3 is 14.8 Å². The number of hydrogen-bond acceptors (Lipinski definition) is 4. The van der Waals surface area contributed by atoms with Crippen molar-refractivity contribution in [1.82, 2.24) is 10.3 Å². The van der Waals surface area contributed by atoms with Gasteiger partial charge in [0, 0.05) is 18.7 Å². The maximum Gasteiger partial charge on any atom is 0.573 e. The van der Waals surface area contributed by atoms with Crippen molar-refractivity contribution >= 4 is 0 Å². The van der Waals surface area contributed by atoms with Crippen molar-refractivity contribution < 1.29 is 22.6 Å². The Hall–Kier alpha value is -2.28. The number of rotatable bonds is 5. The molecule has 0 spiro atoms. The molecule has 134 valence electrons. The van der Waals surface area contributed by atoms with Crippen LogP contribution in [-0.2, 0) is 0 Å². The summed E-state index contributed by atoms with van der Waals surface area (Å²) in [6.45, 7) is 1.66. The smallest absolute Gasteiger partial charge is 0.480 e. The zero-order valence-corrected chi connectivity index (χ0v) is 13.5. The molecule has 2 heterocycles. The van der Waals surface area contributed by atoms with E-state index >= 15 is 0 Å². The lowest BCUT2D eigenvalue weighted by Gasteiger charge is -2.31. The van der Waals surface area contributed by atoms with Crippen LogP contribution in [0.25, 0.3) is 0 Å². The maximum absolute atomic E-state index is 12.6. The number of nitrogens with zero attached hydrogens (tertiary/aromatic N) is 1. The highest BCUT2D eigenvalue weighted by Crippen LogP contribution is 2.37. The predicted molar refractivity (Wildman–Crippen MR) is 86.3 cm³/mol. The lowest BCUT2D eigenvalue weighted by Crippen LogP contribution is -2.35. The molecule has 1 aromatic heterocycles. The molecule has 0 bridgehead atoms. The van der Waals surface area contributed by atoms with Crippen LogP contribution in [0.4, 0.5) is 13.2 Å². The normalized spacial score (nSPS) is 19.2. The van der Waals surface area contributed by atoms with E-state index in [2.05, 4.69) is 15.0 Å². The molecule has 25 heavy (non-hydrogen) atoms. The third-order valence-corrected chi connectivity index (χ3v) is 4.07. The molecule has 2 atom stereocenters. The Bertz CT molecular complexity index is 674. The van der Waals surface area contributed by atoms with E-state index in [1.165, 1.54) is 18.2 Å². The average Bonchev–Trinajstić information content (AvgIpc) is 2.61. The SMILES string of the molecule is FC(F)(F)Oc1ccccc1O[C@@H](c1ccccn1)[C@H]1CCCNC1. The molecule has 4 nitrogen and oxygen atoms in total. The van der Waals surface area contributed by atoms with Crippen molar-refractivity contribution in [3.05, 3.63) is 54.4 Å². The Kier molecular flexibility index (Phi) is 5.43. The van der Waals surface area contributed by atoms with Crippen LogP contribution in [0.1, 0.15) is 24.6 Å². The third kappa shape index (κ3) is 4.85. The molecule has 1 fully saturated rings. The molecule has 1 aromatic carbocycles. The molecule has 2 aromatic rings. The number of aromatic nitrogens is 1. The summed E-state index contributed by atoms with van der Waals surface area (Å²) in [5.74, 6) is -0.177. The van der Waals surface area contributed by atoms with E-state index in [0.717, 1.165) is 25.9 Å². The number of piperidine rings is 1. The van der Waals surface area contributed by atoms with Gasteiger partial charge in [-0.05, 0) is 43.7 Å². The van der Waals surface area contributed by atoms with Gasteiger partial charge in [0.2, 0.25) is 0 Å². The Balaban J connectivity index is 1.88. The monoisotopic (exact) mass is 352 g/mol. The maximum atomic E-state index is 12.6. The number of alkyl halides is 3. The highest BCUT2D eigenvalue weighted by atomic mass is 19.4. The molecule has 7 heteroatoms. The third-order valence-electron chi connectivity index (χ3n) is 4.07. The first kappa shape index (κ1) is 17.5. The van der Waals surface area contributed by atoms with Crippen LogP contribution in [0.5, 0.6) is 11.5 Å². The molecule has 0 unspecified atom stereocenters. The number of para-hydroxylation sites is 2. The van der Waals surface area contributed by atoms with Crippen LogP contribution in [-0.4, -0.2) is 24.4 Å². The van der Waals surface area contributed by atoms with Gasteiger partial charge in [0.25, 0.3) is 0 Å². The fraction of sp³-hybridized carbons (Fsp3) is 0.389. The summed E-state index contributed by atoms with van der Waals surface area (Å²) in [4.78, 5) is 4.34. The molecule has 1 saturated heterocycles. The van der Waals surface area contributed by atoms with Crippen molar-refractivity contribution in [1.29, 1.82) is 0 Å². The van der Waals surface area contributed by atoms with Gasteiger partial charge in [-0.15, -0.1) is 13.2 Å². The van der Waals surface area contributed by atoms with Crippen LogP contribution in [0.3, 0.4) is 0 Å². The summed E-state index contributed by atoms with van der Waals surface area (Å²) in [6.07, 6.45) is -1.67. The molecule has 1 N–H and O–H groups in total. The van der Waals surface area contributed by atoms with Crippen LogP contribution in [0.2, 0.25) is 0 Å². The molecular weight excluding hydrogens is 333 g/mol. The van der Waals surface area contributed by atoms with Gasteiger partial charge in [0.05, 0.1) is 5.69 Å². The molecule has 0 saturated carbocycles. The molecule has 0 aliphatic carbocycles. The lowest BCUT2D eigenvalue weighted by molar-refractivity contribution is -0.275.